The maximum absolute atomic E-state index is 11.6. The van der Waals surface area contributed by atoms with Crippen molar-refractivity contribution in [3.05, 3.63) is 64.7 Å². The zero-order chi connectivity index (χ0) is 19.1. The minimum absolute atomic E-state index is 0.0185. The molecule has 2 aromatic rings. The van der Waals surface area contributed by atoms with Gasteiger partial charge in [0.2, 0.25) is 0 Å². The molecule has 0 unspecified atom stereocenters. The Morgan fingerprint density at radius 3 is 2.62 bits per heavy atom. The molecule has 0 spiro atoms. The molecule has 0 saturated carbocycles. The highest BCUT2D eigenvalue weighted by Gasteiger charge is 2.15. The van der Waals surface area contributed by atoms with E-state index in [1.807, 2.05) is 25.1 Å². The van der Waals surface area contributed by atoms with Gasteiger partial charge in [0, 0.05) is 11.6 Å². The molecular weight excluding hydrogens is 332 g/mol. The fraction of sp³-hybridized carbons (Fsp3) is 0.238. The molecule has 0 radical (unpaired) electrons. The van der Waals surface area contributed by atoms with Gasteiger partial charge in [-0.15, -0.1) is 0 Å². The van der Waals surface area contributed by atoms with E-state index in [0.717, 1.165) is 23.6 Å². The van der Waals surface area contributed by atoms with Gasteiger partial charge in [-0.2, -0.15) is 0 Å². The van der Waals surface area contributed by atoms with Gasteiger partial charge in [0.1, 0.15) is 18.1 Å². The van der Waals surface area contributed by atoms with Crippen LogP contribution in [0, 0.1) is 0 Å². The first-order chi connectivity index (χ1) is 12.4. The number of hydrogen-bond acceptors (Lipinski definition) is 4. The lowest BCUT2D eigenvalue weighted by Crippen LogP contribution is -2.02. The predicted octanol–water partition coefficient (Wildman–Crippen LogP) is 4.22. The van der Waals surface area contributed by atoms with Gasteiger partial charge >= 0.3 is 5.97 Å². The van der Waals surface area contributed by atoms with E-state index in [1.165, 1.54) is 13.0 Å². The van der Waals surface area contributed by atoms with Crippen molar-refractivity contribution in [1.82, 2.24) is 0 Å². The molecule has 0 atom stereocenters. The third-order valence-electron chi connectivity index (χ3n) is 3.88. The SMILES string of the molecule is CCCc1c(OCc2cccc(/C=C/C(=O)O)c2)ccc(C(C)=O)c1O. The molecule has 0 fully saturated rings. The summed E-state index contributed by atoms with van der Waals surface area (Å²) in [6, 6.07) is 10.6. The average molecular weight is 354 g/mol. The van der Waals surface area contributed by atoms with E-state index in [4.69, 9.17) is 9.84 Å². The number of carbonyl (C=O) groups excluding carboxylic acids is 1. The summed E-state index contributed by atoms with van der Waals surface area (Å²) in [6.07, 6.45) is 4.00. The van der Waals surface area contributed by atoms with Crippen LogP contribution in [0.2, 0.25) is 0 Å². The van der Waals surface area contributed by atoms with E-state index in [9.17, 15) is 14.7 Å². The van der Waals surface area contributed by atoms with Crippen LogP contribution >= 0.6 is 0 Å². The molecule has 0 aliphatic rings. The Labute approximate surface area is 152 Å². The van der Waals surface area contributed by atoms with Gasteiger partial charge in [0.15, 0.2) is 5.78 Å². The molecule has 26 heavy (non-hydrogen) atoms. The first-order valence-electron chi connectivity index (χ1n) is 8.41. The average Bonchev–Trinajstić information content (AvgIpc) is 2.60. The van der Waals surface area contributed by atoms with Crippen molar-refractivity contribution in [3.63, 3.8) is 0 Å². The molecule has 2 rings (SSSR count). The van der Waals surface area contributed by atoms with Crippen LogP contribution in [0.3, 0.4) is 0 Å². The van der Waals surface area contributed by atoms with Crippen molar-refractivity contribution in [2.24, 2.45) is 0 Å². The second-order valence-electron chi connectivity index (χ2n) is 5.95. The Bertz CT molecular complexity index is 836. The molecule has 0 aromatic heterocycles. The Hall–Kier alpha value is -3.08. The highest BCUT2D eigenvalue weighted by atomic mass is 16.5. The first-order valence-corrected chi connectivity index (χ1v) is 8.41. The minimum atomic E-state index is -1.00. The van der Waals surface area contributed by atoms with Crippen LogP contribution in [0.5, 0.6) is 11.5 Å². The normalized spacial score (nSPS) is 10.8. The molecule has 5 nitrogen and oxygen atoms in total. The number of phenolic OH excluding ortho intramolecular Hbond substituents is 1. The van der Waals surface area contributed by atoms with E-state index in [0.29, 0.717) is 23.3 Å². The van der Waals surface area contributed by atoms with Gasteiger partial charge in [-0.25, -0.2) is 4.79 Å². The Kier molecular flexibility index (Phi) is 6.55. The molecule has 0 aliphatic carbocycles. The zero-order valence-electron chi connectivity index (χ0n) is 14.9. The van der Waals surface area contributed by atoms with E-state index >= 15 is 0 Å². The maximum Gasteiger partial charge on any atom is 0.328 e. The van der Waals surface area contributed by atoms with Gasteiger partial charge in [0.25, 0.3) is 0 Å². The van der Waals surface area contributed by atoms with E-state index < -0.39 is 5.97 Å². The third kappa shape index (κ3) is 4.96. The molecule has 0 saturated heterocycles. The Morgan fingerprint density at radius 1 is 1.19 bits per heavy atom. The Balaban J connectivity index is 2.21. The quantitative estimate of drug-likeness (QED) is 0.548. The highest BCUT2D eigenvalue weighted by molar-refractivity contribution is 5.97. The van der Waals surface area contributed by atoms with Crippen LogP contribution < -0.4 is 4.74 Å². The number of hydrogen-bond donors (Lipinski definition) is 2. The number of benzene rings is 2. The molecule has 2 aromatic carbocycles. The number of ketones is 1. The van der Waals surface area contributed by atoms with Crippen LogP contribution in [0.25, 0.3) is 6.08 Å². The van der Waals surface area contributed by atoms with Gasteiger partial charge in [-0.1, -0.05) is 31.5 Å². The monoisotopic (exact) mass is 354 g/mol. The molecule has 0 bridgehead atoms. The molecular formula is C21H22O5. The van der Waals surface area contributed by atoms with Crippen molar-refractivity contribution in [1.29, 1.82) is 0 Å². The third-order valence-corrected chi connectivity index (χ3v) is 3.88. The molecule has 136 valence electrons. The van der Waals surface area contributed by atoms with Crippen molar-refractivity contribution in [3.8, 4) is 11.5 Å². The van der Waals surface area contributed by atoms with Crippen LogP contribution in [0.4, 0.5) is 0 Å². The Morgan fingerprint density at radius 2 is 1.96 bits per heavy atom. The summed E-state index contributed by atoms with van der Waals surface area (Å²) in [4.78, 5) is 22.2. The van der Waals surface area contributed by atoms with E-state index in [-0.39, 0.29) is 18.1 Å². The lowest BCUT2D eigenvalue weighted by Gasteiger charge is -2.15. The number of aliphatic carboxylic acids is 1. The summed E-state index contributed by atoms with van der Waals surface area (Å²) in [6.45, 7) is 3.67. The summed E-state index contributed by atoms with van der Waals surface area (Å²) in [5, 5.41) is 19.1. The summed E-state index contributed by atoms with van der Waals surface area (Å²) < 4.78 is 5.86. The van der Waals surface area contributed by atoms with Gasteiger partial charge in [-0.05, 0) is 48.7 Å². The number of carbonyl (C=O) groups is 2. The second-order valence-corrected chi connectivity index (χ2v) is 5.95. The molecule has 0 heterocycles. The number of aromatic hydroxyl groups is 1. The molecule has 0 amide bonds. The highest BCUT2D eigenvalue weighted by Crippen LogP contribution is 2.33. The molecule has 0 aliphatic heterocycles. The van der Waals surface area contributed by atoms with Gasteiger partial charge < -0.3 is 14.9 Å². The maximum atomic E-state index is 11.6. The van der Waals surface area contributed by atoms with E-state index in [1.54, 1.807) is 18.2 Å². The number of phenols is 1. The van der Waals surface area contributed by atoms with E-state index in [2.05, 4.69) is 0 Å². The van der Waals surface area contributed by atoms with Crippen molar-refractivity contribution < 1.29 is 24.5 Å². The second kappa shape index (κ2) is 8.85. The van der Waals surface area contributed by atoms with Crippen molar-refractivity contribution in [2.45, 2.75) is 33.3 Å². The van der Waals surface area contributed by atoms with Gasteiger partial charge in [-0.3, -0.25) is 4.79 Å². The summed E-state index contributed by atoms with van der Waals surface area (Å²) in [5.41, 5.74) is 2.55. The minimum Gasteiger partial charge on any atom is -0.507 e. The van der Waals surface area contributed by atoms with Crippen LogP contribution in [-0.4, -0.2) is 22.0 Å². The predicted molar refractivity (Wildman–Crippen MR) is 99.6 cm³/mol. The molecule has 2 N–H and O–H groups in total. The summed E-state index contributed by atoms with van der Waals surface area (Å²) in [5.74, 6) is -0.669. The van der Waals surface area contributed by atoms with Crippen LogP contribution in [0.1, 0.15) is 47.3 Å². The number of carboxylic acid groups (broad SMARTS) is 1. The smallest absolute Gasteiger partial charge is 0.328 e. The number of Topliss-reactive ketones (excluding diaryl/α,β-unsaturated/α-hetero) is 1. The topological polar surface area (TPSA) is 83.8 Å². The lowest BCUT2D eigenvalue weighted by molar-refractivity contribution is -0.131. The largest absolute Gasteiger partial charge is 0.507 e. The first kappa shape index (κ1) is 19.2. The van der Waals surface area contributed by atoms with Crippen LogP contribution in [-0.2, 0) is 17.8 Å². The summed E-state index contributed by atoms with van der Waals surface area (Å²) >= 11 is 0. The lowest BCUT2D eigenvalue weighted by atomic mass is 10.0. The van der Waals surface area contributed by atoms with Crippen molar-refractivity contribution in [2.75, 3.05) is 0 Å². The fourth-order valence-corrected chi connectivity index (χ4v) is 2.64. The fourth-order valence-electron chi connectivity index (χ4n) is 2.64. The number of carboxylic acids is 1. The van der Waals surface area contributed by atoms with Crippen molar-refractivity contribution >= 4 is 17.8 Å². The number of rotatable bonds is 8. The zero-order valence-corrected chi connectivity index (χ0v) is 14.9. The summed E-state index contributed by atoms with van der Waals surface area (Å²) in [7, 11) is 0. The van der Waals surface area contributed by atoms with Gasteiger partial charge in [0.05, 0.1) is 5.56 Å². The molecule has 5 heteroatoms. The van der Waals surface area contributed by atoms with Crippen LogP contribution in [0.15, 0.2) is 42.5 Å². The standard InChI is InChI=1S/C21H22O5/c1-3-5-18-19(10-9-17(14(2)22)21(18)25)26-13-16-7-4-6-15(12-16)8-11-20(23)24/h4,6-12,25H,3,5,13H2,1-2H3,(H,23,24)/b11-8+. The number of ether oxygens (including phenoxy) is 1.